The van der Waals surface area contributed by atoms with Crippen LogP contribution in [0, 0.1) is 6.92 Å². The van der Waals surface area contributed by atoms with Crippen LogP contribution in [0.2, 0.25) is 0 Å². The normalized spacial score (nSPS) is 15.3. The van der Waals surface area contributed by atoms with Gasteiger partial charge in [-0.3, -0.25) is 9.78 Å². The number of nitrogens with zero attached hydrogens (tertiary/aromatic N) is 5. The number of H-pyrrole nitrogens is 1. The summed E-state index contributed by atoms with van der Waals surface area (Å²) in [5.41, 5.74) is -0.0966. The summed E-state index contributed by atoms with van der Waals surface area (Å²) in [6.45, 7) is 4.22. The molecule has 9 heteroatoms. The first kappa shape index (κ1) is 15.3. The first-order chi connectivity index (χ1) is 11.0. The van der Waals surface area contributed by atoms with Crippen molar-refractivity contribution in [2.75, 3.05) is 36.0 Å². The molecule has 0 radical (unpaired) electrons. The fourth-order valence-electron chi connectivity index (χ4n) is 2.39. The Morgan fingerprint density at radius 1 is 1.13 bits per heavy atom. The van der Waals surface area contributed by atoms with Gasteiger partial charge in [-0.1, -0.05) is 0 Å². The van der Waals surface area contributed by atoms with Crippen molar-refractivity contribution in [1.82, 2.24) is 19.9 Å². The highest BCUT2D eigenvalue weighted by Gasteiger charge is 2.22. The predicted octanol–water partition coefficient (Wildman–Crippen LogP) is 1.13. The summed E-state index contributed by atoms with van der Waals surface area (Å²) in [4.78, 5) is 30.2. The molecule has 1 N–H and O–H groups in total. The molecule has 0 bridgehead atoms. The van der Waals surface area contributed by atoms with Crippen molar-refractivity contribution < 1.29 is 8.78 Å². The summed E-state index contributed by atoms with van der Waals surface area (Å²) in [6, 6.07) is 0.824. The molecule has 0 atom stereocenters. The fourth-order valence-corrected chi connectivity index (χ4v) is 2.39. The Balaban J connectivity index is 1.71. The quantitative estimate of drug-likeness (QED) is 0.913. The Kier molecular flexibility index (Phi) is 4.18. The number of piperazine rings is 1. The number of alkyl halides is 2. The van der Waals surface area contributed by atoms with E-state index >= 15 is 0 Å². The third-order valence-corrected chi connectivity index (χ3v) is 3.60. The molecule has 1 aliphatic rings. The van der Waals surface area contributed by atoms with E-state index in [4.69, 9.17) is 0 Å². The smallest absolute Gasteiger partial charge is 0.280 e. The molecule has 23 heavy (non-hydrogen) atoms. The molecule has 1 aliphatic heterocycles. The summed E-state index contributed by atoms with van der Waals surface area (Å²) in [5.74, 6) is 0.815. The predicted molar refractivity (Wildman–Crippen MR) is 81.0 cm³/mol. The van der Waals surface area contributed by atoms with Crippen LogP contribution in [0.5, 0.6) is 0 Å². The Labute approximate surface area is 131 Å². The molecule has 2 aromatic heterocycles. The maximum Gasteiger partial charge on any atom is 0.280 e. The summed E-state index contributed by atoms with van der Waals surface area (Å²) in [7, 11) is 0. The molecule has 0 spiro atoms. The zero-order valence-corrected chi connectivity index (χ0v) is 12.5. The number of halogens is 2. The third-order valence-electron chi connectivity index (χ3n) is 3.60. The highest BCUT2D eigenvalue weighted by atomic mass is 19.3. The number of aryl methyl sites for hydroxylation is 1. The highest BCUT2D eigenvalue weighted by Crippen LogP contribution is 2.18. The van der Waals surface area contributed by atoms with Gasteiger partial charge >= 0.3 is 0 Å². The maximum absolute atomic E-state index is 12.8. The minimum Gasteiger partial charge on any atom is -0.339 e. The molecular weight excluding hydrogens is 306 g/mol. The first-order valence-electron chi connectivity index (χ1n) is 7.21. The van der Waals surface area contributed by atoms with Crippen molar-refractivity contribution in [3.8, 4) is 0 Å². The van der Waals surface area contributed by atoms with Crippen LogP contribution in [0.25, 0.3) is 0 Å². The van der Waals surface area contributed by atoms with Crippen LogP contribution in [0.4, 0.5) is 20.7 Å². The van der Waals surface area contributed by atoms with Gasteiger partial charge in [0, 0.05) is 44.6 Å². The van der Waals surface area contributed by atoms with Gasteiger partial charge in [-0.25, -0.2) is 23.7 Å². The molecular formula is C14H16F2N6O. The summed E-state index contributed by atoms with van der Waals surface area (Å²) in [6.07, 6.45) is 0.734. The molecule has 122 valence electrons. The zero-order chi connectivity index (χ0) is 16.4. The lowest BCUT2D eigenvalue weighted by atomic mass is 10.3. The topological polar surface area (TPSA) is 78.0 Å². The van der Waals surface area contributed by atoms with E-state index in [1.165, 1.54) is 0 Å². The SMILES string of the molecule is Cc1cnc(N2CCN(c3nc(C(F)F)cc(=O)[nH]3)CC2)nc1. The van der Waals surface area contributed by atoms with Gasteiger partial charge < -0.3 is 9.80 Å². The van der Waals surface area contributed by atoms with Gasteiger partial charge in [0.1, 0.15) is 5.69 Å². The molecule has 0 amide bonds. The summed E-state index contributed by atoms with van der Waals surface area (Å²) >= 11 is 0. The molecule has 0 aliphatic carbocycles. The van der Waals surface area contributed by atoms with E-state index < -0.39 is 17.7 Å². The van der Waals surface area contributed by atoms with Crippen LogP contribution in [-0.2, 0) is 0 Å². The van der Waals surface area contributed by atoms with Crippen LogP contribution in [-0.4, -0.2) is 46.1 Å². The molecule has 0 unspecified atom stereocenters. The average molecular weight is 322 g/mol. The first-order valence-corrected chi connectivity index (χ1v) is 7.21. The molecule has 3 rings (SSSR count). The average Bonchev–Trinajstić information content (AvgIpc) is 2.55. The van der Waals surface area contributed by atoms with Crippen molar-refractivity contribution in [1.29, 1.82) is 0 Å². The Morgan fingerprint density at radius 3 is 2.35 bits per heavy atom. The second-order valence-corrected chi connectivity index (χ2v) is 5.33. The summed E-state index contributed by atoms with van der Waals surface area (Å²) in [5, 5.41) is 0. The molecule has 0 saturated carbocycles. The second-order valence-electron chi connectivity index (χ2n) is 5.33. The van der Waals surface area contributed by atoms with Gasteiger partial charge in [-0.2, -0.15) is 0 Å². The molecule has 1 fully saturated rings. The lowest BCUT2D eigenvalue weighted by molar-refractivity contribution is 0.146. The van der Waals surface area contributed by atoms with E-state index in [2.05, 4.69) is 19.9 Å². The molecule has 7 nitrogen and oxygen atoms in total. The van der Waals surface area contributed by atoms with Gasteiger partial charge in [0.2, 0.25) is 11.9 Å². The van der Waals surface area contributed by atoms with Crippen molar-refractivity contribution in [3.05, 3.63) is 40.1 Å². The Hall–Kier alpha value is -2.58. The number of aromatic nitrogens is 4. The minimum atomic E-state index is -2.77. The van der Waals surface area contributed by atoms with Gasteiger partial charge in [0.15, 0.2) is 0 Å². The van der Waals surface area contributed by atoms with Crippen molar-refractivity contribution >= 4 is 11.9 Å². The minimum absolute atomic E-state index is 0.178. The van der Waals surface area contributed by atoms with Crippen LogP contribution in [0.1, 0.15) is 17.7 Å². The van der Waals surface area contributed by atoms with Gasteiger partial charge in [-0.05, 0) is 12.5 Å². The molecule has 3 heterocycles. The van der Waals surface area contributed by atoms with E-state index in [1.54, 1.807) is 17.3 Å². The lowest BCUT2D eigenvalue weighted by Crippen LogP contribution is -2.48. The van der Waals surface area contributed by atoms with Crippen LogP contribution >= 0.6 is 0 Å². The van der Waals surface area contributed by atoms with Crippen molar-refractivity contribution in [3.63, 3.8) is 0 Å². The Bertz CT molecular complexity index is 725. The highest BCUT2D eigenvalue weighted by molar-refractivity contribution is 5.37. The number of anilines is 2. The van der Waals surface area contributed by atoms with Gasteiger partial charge in [0.05, 0.1) is 0 Å². The number of hydrogen-bond donors (Lipinski definition) is 1. The standard InChI is InChI=1S/C14H16F2N6O/c1-9-7-17-13(18-8-9)21-2-4-22(5-3-21)14-19-10(12(15)16)6-11(23)20-14/h6-8,12H,2-5H2,1H3,(H,19,20,23). The molecule has 1 saturated heterocycles. The van der Waals surface area contributed by atoms with E-state index in [0.717, 1.165) is 11.6 Å². The van der Waals surface area contributed by atoms with Crippen molar-refractivity contribution in [2.45, 2.75) is 13.3 Å². The lowest BCUT2D eigenvalue weighted by Gasteiger charge is -2.35. The molecule has 0 aromatic carbocycles. The Morgan fingerprint density at radius 2 is 1.74 bits per heavy atom. The number of hydrogen-bond acceptors (Lipinski definition) is 6. The number of aromatic amines is 1. The van der Waals surface area contributed by atoms with Crippen LogP contribution < -0.4 is 15.4 Å². The van der Waals surface area contributed by atoms with Crippen LogP contribution in [0.15, 0.2) is 23.3 Å². The van der Waals surface area contributed by atoms with Gasteiger partial charge in [0.25, 0.3) is 12.0 Å². The van der Waals surface area contributed by atoms with Crippen LogP contribution in [0.3, 0.4) is 0 Å². The van der Waals surface area contributed by atoms with E-state index in [0.29, 0.717) is 32.1 Å². The largest absolute Gasteiger partial charge is 0.339 e. The monoisotopic (exact) mass is 322 g/mol. The fraction of sp³-hybridized carbons (Fsp3) is 0.429. The zero-order valence-electron chi connectivity index (χ0n) is 12.5. The third kappa shape index (κ3) is 3.43. The second kappa shape index (κ2) is 6.27. The van der Waals surface area contributed by atoms with E-state index in [1.807, 2.05) is 11.8 Å². The number of nitrogens with one attached hydrogen (secondary N) is 1. The van der Waals surface area contributed by atoms with Gasteiger partial charge in [-0.15, -0.1) is 0 Å². The van der Waals surface area contributed by atoms with Crippen molar-refractivity contribution in [2.24, 2.45) is 0 Å². The maximum atomic E-state index is 12.8. The van der Waals surface area contributed by atoms with E-state index in [9.17, 15) is 13.6 Å². The summed E-state index contributed by atoms with van der Waals surface area (Å²) < 4.78 is 25.5. The molecule has 2 aromatic rings. The van der Waals surface area contributed by atoms with E-state index in [-0.39, 0.29) is 5.95 Å². The number of rotatable bonds is 3.